The average molecular weight is 670 g/mol. The second-order valence-corrected chi connectivity index (χ2v) is 11.7. The van der Waals surface area contributed by atoms with Gasteiger partial charge < -0.3 is 38.4 Å². The number of amides is 1. The number of likely N-dealkylation sites (tertiary alicyclic amines) is 1. The van der Waals surface area contributed by atoms with E-state index in [0.717, 1.165) is 11.6 Å². The Kier molecular flexibility index (Phi) is 13.4. The van der Waals surface area contributed by atoms with Gasteiger partial charge in [-0.2, -0.15) is 0 Å². The van der Waals surface area contributed by atoms with Crippen molar-refractivity contribution in [3.8, 4) is 23.0 Å². The Labute approximate surface area is 279 Å². The van der Waals surface area contributed by atoms with E-state index in [-0.39, 0.29) is 31.7 Å². The highest BCUT2D eigenvalue weighted by Gasteiger charge is 2.42. The maximum atomic E-state index is 13.9. The van der Waals surface area contributed by atoms with E-state index in [1.165, 1.54) is 40.1 Å². The number of carboxylic acids is 1. The Morgan fingerprint density at radius 3 is 2.40 bits per heavy atom. The molecule has 0 aromatic heterocycles. The quantitative estimate of drug-likeness (QED) is 0.146. The van der Waals surface area contributed by atoms with E-state index >= 15 is 0 Å². The van der Waals surface area contributed by atoms with Crippen molar-refractivity contribution in [1.29, 1.82) is 0 Å². The van der Waals surface area contributed by atoms with Crippen molar-refractivity contribution < 1.29 is 57.5 Å². The van der Waals surface area contributed by atoms with Gasteiger partial charge in [-0.05, 0) is 75.3 Å². The van der Waals surface area contributed by atoms with Crippen LogP contribution >= 0.6 is 0 Å². The van der Waals surface area contributed by atoms with Gasteiger partial charge in [0.05, 0.1) is 26.7 Å². The molecule has 1 heterocycles. The summed E-state index contributed by atoms with van der Waals surface area (Å²) in [7, 11) is 4.51. The summed E-state index contributed by atoms with van der Waals surface area (Å²) < 4.78 is 33.0. The molecule has 0 radical (unpaired) electrons. The highest BCUT2D eigenvalue weighted by molar-refractivity contribution is 6.38. The highest BCUT2D eigenvalue weighted by Crippen LogP contribution is 2.41. The summed E-state index contributed by atoms with van der Waals surface area (Å²) in [5.41, 5.74) is -0.0754. The maximum Gasteiger partial charge on any atom is 0.341 e. The molecule has 48 heavy (non-hydrogen) atoms. The number of hydrogen-bond acceptors (Lipinski definition) is 11. The van der Waals surface area contributed by atoms with E-state index in [4.69, 9.17) is 33.5 Å². The molecule has 13 heteroatoms. The van der Waals surface area contributed by atoms with Gasteiger partial charge in [-0.15, -0.1) is 0 Å². The smallest absolute Gasteiger partial charge is 0.341 e. The van der Waals surface area contributed by atoms with Crippen LogP contribution in [0.2, 0.25) is 0 Å². The minimum Gasteiger partial charge on any atom is -0.493 e. The number of carboxylic acid groups (broad SMARTS) is 1. The summed E-state index contributed by atoms with van der Waals surface area (Å²) in [6.07, 6.45) is 2.19. The van der Waals surface area contributed by atoms with Crippen LogP contribution in [0.15, 0.2) is 49.1 Å². The van der Waals surface area contributed by atoms with Crippen molar-refractivity contribution in [2.75, 3.05) is 41.1 Å². The van der Waals surface area contributed by atoms with E-state index in [1.807, 2.05) is 6.07 Å². The van der Waals surface area contributed by atoms with Crippen LogP contribution in [0.25, 0.3) is 0 Å². The van der Waals surface area contributed by atoms with Crippen LogP contribution in [0.4, 0.5) is 0 Å². The number of aliphatic carboxylic acids is 1. The Balaban J connectivity index is 1.90. The molecule has 260 valence electrons. The number of carbonyl (C=O) groups is 5. The lowest BCUT2D eigenvalue weighted by Gasteiger charge is -2.36. The average Bonchev–Trinajstić information content (AvgIpc) is 3.10. The molecule has 2 atom stereocenters. The fraction of sp³-hybridized carbons (Fsp3) is 0.457. The van der Waals surface area contributed by atoms with Crippen LogP contribution in [0.5, 0.6) is 23.0 Å². The Hall–Kier alpha value is -5.07. The number of Topliss-reactive ketones (excluding diaryl/α,β-unsaturated/α-hetero) is 1. The number of nitrogens with zero attached hydrogens (tertiary/aromatic N) is 1. The van der Waals surface area contributed by atoms with Gasteiger partial charge in [0.2, 0.25) is 11.5 Å². The largest absolute Gasteiger partial charge is 0.493 e. The Bertz CT molecular complexity index is 1500. The standard InChI is InChI=1S/C35H43NO12/c1-7-29(39)47-21-35(2,3)32(40)33(41)36-18-9-8-13-25(36)34(42)48-26(23-11-10-12-24(19-23)46-20-28(37)38)16-14-22-15-17-27(43-4)31(45-6)30(22)44-5/h7,10-12,15,17,19,25-26H,1,8-9,13-14,16,18,20-21H2,2-6H3,(H,37,38)/t25-,26+/m0/s1. The second-order valence-electron chi connectivity index (χ2n) is 11.7. The van der Waals surface area contributed by atoms with Gasteiger partial charge in [-0.3, -0.25) is 9.59 Å². The number of rotatable bonds is 17. The summed E-state index contributed by atoms with van der Waals surface area (Å²) in [5, 5.41) is 9.07. The van der Waals surface area contributed by atoms with Gasteiger partial charge in [0.15, 0.2) is 18.1 Å². The van der Waals surface area contributed by atoms with Gasteiger partial charge in [0.25, 0.3) is 5.91 Å². The molecule has 0 unspecified atom stereocenters. The fourth-order valence-electron chi connectivity index (χ4n) is 5.32. The van der Waals surface area contributed by atoms with Gasteiger partial charge >= 0.3 is 17.9 Å². The zero-order valence-corrected chi connectivity index (χ0v) is 27.9. The van der Waals surface area contributed by atoms with Crippen molar-refractivity contribution in [3.63, 3.8) is 0 Å². The van der Waals surface area contributed by atoms with E-state index in [1.54, 1.807) is 30.3 Å². The van der Waals surface area contributed by atoms with Gasteiger partial charge in [0, 0.05) is 12.6 Å². The molecule has 0 bridgehead atoms. The molecular weight excluding hydrogens is 626 g/mol. The topological polar surface area (TPSA) is 164 Å². The van der Waals surface area contributed by atoms with E-state index in [9.17, 15) is 24.0 Å². The monoisotopic (exact) mass is 669 g/mol. The molecule has 0 aliphatic carbocycles. The molecule has 3 rings (SSSR count). The molecule has 0 spiro atoms. The third-order valence-electron chi connectivity index (χ3n) is 7.90. The summed E-state index contributed by atoms with van der Waals surface area (Å²) in [4.78, 5) is 64.6. The third kappa shape index (κ3) is 9.49. The zero-order chi connectivity index (χ0) is 35.4. The number of ether oxygens (including phenoxy) is 6. The van der Waals surface area contributed by atoms with E-state index < -0.39 is 53.8 Å². The first-order valence-electron chi connectivity index (χ1n) is 15.4. The van der Waals surface area contributed by atoms with Crippen LogP contribution in [-0.2, 0) is 39.9 Å². The van der Waals surface area contributed by atoms with Crippen LogP contribution in [0, 0.1) is 5.41 Å². The van der Waals surface area contributed by atoms with E-state index in [2.05, 4.69) is 6.58 Å². The number of carbonyl (C=O) groups excluding carboxylic acids is 4. The van der Waals surface area contributed by atoms with Crippen molar-refractivity contribution >= 4 is 29.6 Å². The van der Waals surface area contributed by atoms with Crippen LogP contribution < -0.4 is 18.9 Å². The number of ketones is 1. The summed E-state index contributed by atoms with van der Waals surface area (Å²) in [6, 6.07) is 9.06. The molecule has 2 aromatic carbocycles. The highest BCUT2D eigenvalue weighted by atomic mass is 16.6. The number of esters is 2. The second kappa shape index (κ2) is 17.2. The normalized spacial score (nSPS) is 15.0. The number of methoxy groups -OCH3 is 3. The molecule has 1 fully saturated rings. The minimum atomic E-state index is -1.35. The SMILES string of the molecule is C=CC(=O)OCC(C)(C)C(=O)C(=O)N1CCCC[C@H]1C(=O)O[C@H](CCc1ccc(OC)c(OC)c1OC)c1cccc(OCC(=O)O)c1. The molecule has 0 saturated carbocycles. The molecular formula is C35H43NO12. The maximum absolute atomic E-state index is 13.9. The number of hydrogen-bond donors (Lipinski definition) is 1. The lowest BCUT2D eigenvalue weighted by Crippen LogP contribution is -2.53. The predicted molar refractivity (Wildman–Crippen MR) is 172 cm³/mol. The number of piperidine rings is 1. The lowest BCUT2D eigenvalue weighted by molar-refractivity contribution is -0.165. The first-order chi connectivity index (χ1) is 22.9. The predicted octanol–water partition coefficient (Wildman–Crippen LogP) is 4.10. The third-order valence-corrected chi connectivity index (χ3v) is 7.90. The zero-order valence-electron chi connectivity index (χ0n) is 27.9. The van der Waals surface area contributed by atoms with Crippen molar-refractivity contribution in [2.45, 2.75) is 58.1 Å². The molecule has 1 saturated heterocycles. The lowest BCUT2D eigenvalue weighted by atomic mass is 9.87. The first kappa shape index (κ1) is 37.4. The first-order valence-corrected chi connectivity index (χ1v) is 15.4. The molecule has 1 aliphatic heterocycles. The van der Waals surface area contributed by atoms with Crippen molar-refractivity contribution in [1.82, 2.24) is 4.90 Å². The molecule has 2 aromatic rings. The Morgan fingerprint density at radius 1 is 1.02 bits per heavy atom. The summed E-state index contributed by atoms with van der Waals surface area (Å²) >= 11 is 0. The molecule has 13 nitrogen and oxygen atoms in total. The van der Waals surface area contributed by atoms with Crippen LogP contribution in [0.3, 0.4) is 0 Å². The molecule has 1 N–H and O–H groups in total. The molecule has 1 aliphatic rings. The molecule has 1 amide bonds. The fourth-order valence-corrected chi connectivity index (χ4v) is 5.32. The van der Waals surface area contributed by atoms with Crippen molar-refractivity contribution in [2.24, 2.45) is 5.41 Å². The van der Waals surface area contributed by atoms with Gasteiger partial charge in [-0.25, -0.2) is 14.4 Å². The minimum absolute atomic E-state index is 0.166. The van der Waals surface area contributed by atoms with Crippen molar-refractivity contribution in [3.05, 3.63) is 60.2 Å². The Morgan fingerprint density at radius 2 is 1.75 bits per heavy atom. The van der Waals surface area contributed by atoms with Crippen LogP contribution in [0.1, 0.15) is 56.8 Å². The number of benzene rings is 2. The van der Waals surface area contributed by atoms with Crippen LogP contribution in [-0.4, -0.2) is 86.7 Å². The summed E-state index contributed by atoms with van der Waals surface area (Å²) in [6.45, 7) is 5.56. The summed E-state index contributed by atoms with van der Waals surface area (Å²) in [5.74, 6) is -2.66. The number of aryl methyl sites for hydroxylation is 1. The van der Waals surface area contributed by atoms with Gasteiger partial charge in [0.1, 0.15) is 24.5 Å². The van der Waals surface area contributed by atoms with Gasteiger partial charge in [-0.1, -0.05) is 24.8 Å². The van der Waals surface area contributed by atoms with E-state index in [0.29, 0.717) is 42.1 Å².